The van der Waals surface area contributed by atoms with E-state index in [9.17, 15) is 4.79 Å². The van der Waals surface area contributed by atoms with E-state index in [1.807, 2.05) is 23.1 Å². The summed E-state index contributed by atoms with van der Waals surface area (Å²) in [6, 6.07) is 3.62. The number of amides is 1. The van der Waals surface area contributed by atoms with Gasteiger partial charge in [0.25, 0.3) is 0 Å². The molecule has 0 radical (unpaired) electrons. The van der Waals surface area contributed by atoms with Gasteiger partial charge in [-0.1, -0.05) is 6.42 Å². The Labute approximate surface area is 150 Å². The molecule has 25 heavy (non-hydrogen) atoms. The molecule has 1 aromatic heterocycles. The molecular formula is C19H31N5O. The fourth-order valence-corrected chi connectivity index (χ4v) is 4.41. The summed E-state index contributed by atoms with van der Waals surface area (Å²) in [5, 5.41) is 7.62. The summed E-state index contributed by atoms with van der Waals surface area (Å²) in [5.41, 5.74) is 0. The molecule has 1 aromatic rings. The zero-order valence-corrected chi connectivity index (χ0v) is 15.1. The highest BCUT2D eigenvalue weighted by molar-refractivity contribution is 5.78. The van der Waals surface area contributed by atoms with Crippen LogP contribution in [0.1, 0.15) is 44.9 Å². The molecule has 1 amide bonds. The summed E-state index contributed by atoms with van der Waals surface area (Å²) < 4.78 is 1.99. The topological polar surface area (TPSA) is 53.4 Å². The number of nitrogens with zero attached hydrogens (tertiary/aromatic N) is 4. The third-order valence-electron chi connectivity index (χ3n) is 6.01. The lowest BCUT2D eigenvalue weighted by Crippen LogP contribution is -2.51. The van der Waals surface area contributed by atoms with E-state index in [1.165, 1.54) is 25.7 Å². The number of carbonyl (C=O) groups is 1. The molecule has 0 bridgehead atoms. The summed E-state index contributed by atoms with van der Waals surface area (Å²) in [6.45, 7) is 4.76. The number of hydrogen-bond donors (Lipinski definition) is 1. The summed E-state index contributed by atoms with van der Waals surface area (Å²) in [5.74, 6) is 0.206. The van der Waals surface area contributed by atoms with E-state index in [0.717, 1.165) is 51.5 Å². The van der Waals surface area contributed by atoms with Crippen LogP contribution in [-0.4, -0.2) is 69.8 Å². The maximum Gasteiger partial charge on any atom is 0.234 e. The zero-order chi connectivity index (χ0) is 17.1. The van der Waals surface area contributed by atoms with Gasteiger partial charge in [-0.15, -0.1) is 0 Å². The predicted molar refractivity (Wildman–Crippen MR) is 97.2 cm³/mol. The van der Waals surface area contributed by atoms with Crippen molar-refractivity contribution >= 4 is 5.91 Å². The van der Waals surface area contributed by atoms with Crippen LogP contribution in [0, 0.1) is 0 Å². The van der Waals surface area contributed by atoms with Crippen molar-refractivity contribution in [1.29, 1.82) is 0 Å². The quantitative estimate of drug-likeness (QED) is 0.849. The zero-order valence-electron chi connectivity index (χ0n) is 15.1. The van der Waals surface area contributed by atoms with Gasteiger partial charge in [0.2, 0.25) is 5.91 Å². The fourth-order valence-electron chi connectivity index (χ4n) is 4.41. The summed E-state index contributed by atoms with van der Waals surface area (Å²) in [7, 11) is 0. The van der Waals surface area contributed by atoms with Gasteiger partial charge in [0.1, 0.15) is 0 Å². The molecule has 2 saturated heterocycles. The van der Waals surface area contributed by atoms with E-state index in [0.29, 0.717) is 18.6 Å². The van der Waals surface area contributed by atoms with Crippen LogP contribution in [0.15, 0.2) is 18.5 Å². The highest BCUT2D eigenvalue weighted by Gasteiger charge is 2.32. The molecule has 1 N–H and O–H groups in total. The average molecular weight is 345 g/mol. The molecule has 1 saturated carbocycles. The highest BCUT2D eigenvalue weighted by Crippen LogP contribution is 2.29. The van der Waals surface area contributed by atoms with E-state index in [-0.39, 0.29) is 5.91 Å². The third-order valence-corrected chi connectivity index (χ3v) is 6.01. The van der Waals surface area contributed by atoms with E-state index in [2.05, 4.69) is 20.2 Å². The minimum Gasteiger partial charge on any atom is -0.352 e. The third kappa shape index (κ3) is 4.61. The first kappa shape index (κ1) is 17.0. The van der Waals surface area contributed by atoms with E-state index in [4.69, 9.17) is 0 Å². The first-order valence-electron chi connectivity index (χ1n) is 10.0. The average Bonchev–Trinajstić information content (AvgIpc) is 3.34. The standard InChI is InChI=1S/C19H31N5O/c25-19(21-16-7-12-22(13-8-16)17-5-6-17)15-23-10-2-1-4-18(23)14-24-11-3-9-20-24/h3,9,11,16-18H,1-2,4-8,10,12-15H2,(H,21,25)/t18-/m1/s1. The number of carbonyl (C=O) groups excluding carboxylic acids is 1. The minimum absolute atomic E-state index is 0.206. The van der Waals surface area contributed by atoms with Gasteiger partial charge in [-0.25, -0.2) is 0 Å². The van der Waals surface area contributed by atoms with Gasteiger partial charge < -0.3 is 10.2 Å². The van der Waals surface area contributed by atoms with Crippen molar-refractivity contribution in [1.82, 2.24) is 24.9 Å². The van der Waals surface area contributed by atoms with E-state index in [1.54, 1.807) is 0 Å². The lowest BCUT2D eigenvalue weighted by atomic mass is 10.0. The second kappa shape index (κ2) is 7.87. The molecule has 0 spiro atoms. The highest BCUT2D eigenvalue weighted by atomic mass is 16.2. The van der Waals surface area contributed by atoms with Crippen LogP contribution >= 0.6 is 0 Å². The fraction of sp³-hybridized carbons (Fsp3) is 0.789. The Morgan fingerprint density at radius 2 is 1.92 bits per heavy atom. The Hall–Kier alpha value is -1.40. The van der Waals surface area contributed by atoms with Crippen LogP contribution in [0.2, 0.25) is 0 Å². The molecule has 6 nitrogen and oxygen atoms in total. The van der Waals surface area contributed by atoms with Gasteiger partial charge >= 0.3 is 0 Å². The van der Waals surface area contributed by atoms with E-state index >= 15 is 0 Å². The molecule has 3 fully saturated rings. The van der Waals surface area contributed by atoms with Gasteiger partial charge in [0, 0.05) is 43.6 Å². The molecule has 6 heteroatoms. The lowest BCUT2D eigenvalue weighted by molar-refractivity contribution is -0.124. The largest absolute Gasteiger partial charge is 0.352 e. The lowest BCUT2D eigenvalue weighted by Gasteiger charge is -2.36. The van der Waals surface area contributed by atoms with Gasteiger partial charge in [0.05, 0.1) is 13.1 Å². The number of nitrogens with one attached hydrogen (secondary N) is 1. The van der Waals surface area contributed by atoms with Gasteiger partial charge in [-0.05, 0) is 51.1 Å². The predicted octanol–water partition coefficient (Wildman–Crippen LogP) is 1.48. The maximum atomic E-state index is 12.6. The minimum atomic E-state index is 0.206. The monoisotopic (exact) mass is 345 g/mol. The normalized spacial score (nSPS) is 26.6. The Kier molecular flexibility index (Phi) is 5.36. The number of hydrogen-bond acceptors (Lipinski definition) is 4. The maximum absolute atomic E-state index is 12.6. The molecule has 1 aliphatic carbocycles. The SMILES string of the molecule is O=C(CN1CCCC[C@@H]1Cn1cccn1)NC1CCN(C2CC2)CC1. The van der Waals surface area contributed by atoms with Crippen LogP contribution < -0.4 is 5.32 Å². The molecule has 1 atom stereocenters. The van der Waals surface area contributed by atoms with Crippen LogP contribution in [0.3, 0.4) is 0 Å². The van der Waals surface area contributed by atoms with Crippen molar-refractivity contribution in [3.63, 3.8) is 0 Å². The molecule has 3 aliphatic rings. The van der Waals surface area contributed by atoms with Crippen molar-refractivity contribution < 1.29 is 4.79 Å². The van der Waals surface area contributed by atoms with Crippen molar-refractivity contribution in [3.8, 4) is 0 Å². The summed E-state index contributed by atoms with van der Waals surface area (Å²) in [6.07, 6.45) is 12.4. The molecular weight excluding hydrogens is 314 g/mol. The van der Waals surface area contributed by atoms with Crippen molar-refractivity contribution in [2.45, 2.75) is 69.6 Å². The van der Waals surface area contributed by atoms with Gasteiger partial charge in [0.15, 0.2) is 0 Å². The number of rotatable bonds is 6. The smallest absolute Gasteiger partial charge is 0.234 e. The van der Waals surface area contributed by atoms with E-state index < -0.39 is 0 Å². The summed E-state index contributed by atoms with van der Waals surface area (Å²) >= 11 is 0. The Balaban J connectivity index is 1.24. The molecule has 0 unspecified atom stereocenters. The molecule has 4 rings (SSSR count). The van der Waals surface area contributed by atoms with Crippen LogP contribution in [0.5, 0.6) is 0 Å². The van der Waals surface area contributed by atoms with Crippen molar-refractivity contribution in [2.75, 3.05) is 26.2 Å². The molecule has 0 aromatic carbocycles. The van der Waals surface area contributed by atoms with Crippen LogP contribution in [0.25, 0.3) is 0 Å². The molecule has 3 heterocycles. The van der Waals surface area contributed by atoms with Gasteiger partial charge in [-0.2, -0.15) is 5.10 Å². The first-order valence-corrected chi connectivity index (χ1v) is 10.0. The van der Waals surface area contributed by atoms with Crippen molar-refractivity contribution in [3.05, 3.63) is 18.5 Å². The van der Waals surface area contributed by atoms with Crippen LogP contribution in [-0.2, 0) is 11.3 Å². The number of likely N-dealkylation sites (tertiary alicyclic amines) is 2. The summed E-state index contributed by atoms with van der Waals surface area (Å²) in [4.78, 5) is 17.5. The second-order valence-corrected chi connectivity index (χ2v) is 7.96. The Morgan fingerprint density at radius 3 is 2.64 bits per heavy atom. The Bertz CT molecular complexity index is 548. The number of aromatic nitrogens is 2. The Morgan fingerprint density at radius 1 is 1.08 bits per heavy atom. The molecule has 2 aliphatic heterocycles. The number of piperidine rings is 2. The van der Waals surface area contributed by atoms with Gasteiger partial charge in [-0.3, -0.25) is 14.4 Å². The second-order valence-electron chi connectivity index (χ2n) is 7.96. The first-order chi connectivity index (χ1) is 12.3. The molecule has 138 valence electrons. The van der Waals surface area contributed by atoms with Crippen molar-refractivity contribution in [2.24, 2.45) is 0 Å². The van der Waals surface area contributed by atoms with Crippen LogP contribution in [0.4, 0.5) is 0 Å².